The fraction of sp³-hybridized carbons (Fsp3) is 0.0769. The predicted molar refractivity (Wildman–Crippen MR) is 142 cm³/mol. The molecule has 0 aliphatic rings. The number of halogens is 3. The summed E-state index contributed by atoms with van der Waals surface area (Å²) in [7, 11) is 1.54. The van der Waals surface area contributed by atoms with Gasteiger partial charge in [0.25, 0.3) is 5.91 Å². The number of carbonyl (C=O) groups excluding carboxylic acids is 1. The van der Waals surface area contributed by atoms with Crippen molar-refractivity contribution in [2.45, 2.75) is 6.61 Å². The molecule has 0 saturated heterocycles. The number of hydrogen-bond donors (Lipinski definition) is 1. The molecule has 0 aliphatic heterocycles. The fourth-order valence-corrected chi connectivity index (χ4v) is 4.37. The Balaban J connectivity index is 1.42. The van der Waals surface area contributed by atoms with Crippen LogP contribution in [-0.4, -0.2) is 23.8 Å². The van der Waals surface area contributed by atoms with E-state index < -0.39 is 0 Å². The second-order valence-electron chi connectivity index (χ2n) is 7.36. The molecule has 0 unspecified atom stereocenters. The van der Waals surface area contributed by atoms with E-state index in [-0.39, 0.29) is 12.5 Å². The van der Waals surface area contributed by atoms with Gasteiger partial charge >= 0.3 is 0 Å². The number of rotatable bonds is 8. The van der Waals surface area contributed by atoms with Crippen molar-refractivity contribution in [1.82, 2.24) is 9.99 Å². The average molecular weight is 573 g/mol. The summed E-state index contributed by atoms with van der Waals surface area (Å²) in [5.41, 5.74) is 5.38. The number of carbonyl (C=O) groups is 1. The van der Waals surface area contributed by atoms with Gasteiger partial charge in [-0.15, -0.1) is 0 Å². The molecule has 9 heteroatoms. The van der Waals surface area contributed by atoms with Gasteiger partial charge in [0, 0.05) is 39.3 Å². The first kappa shape index (κ1) is 24.9. The summed E-state index contributed by atoms with van der Waals surface area (Å²) in [5, 5.41) is 5.11. The third-order valence-corrected chi connectivity index (χ3v) is 6.38. The zero-order valence-electron chi connectivity index (χ0n) is 18.5. The van der Waals surface area contributed by atoms with Crippen LogP contribution < -0.4 is 14.9 Å². The Kier molecular flexibility index (Phi) is 8.13. The van der Waals surface area contributed by atoms with Crippen LogP contribution in [0.3, 0.4) is 0 Å². The molecule has 35 heavy (non-hydrogen) atoms. The first-order valence-electron chi connectivity index (χ1n) is 10.5. The molecule has 1 amide bonds. The van der Waals surface area contributed by atoms with Gasteiger partial charge in [0.05, 0.1) is 17.8 Å². The SMILES string of the molecule is COc1cc(/C=N/NC(=O)c2ccc(-n3cccc3)cc2)cc(Br)c1OCc1c(Cl)cccc1Cl. The van der Waals surface area contributed by atoms with Crippen molar-refractivity contribution in [3.63, 3.8) is 0 Å². The summed E-state index contributed by atoms with van der Waals surface area (Å²) in [5.74, 6) is 0.659. The van der Waals surface area contributed by atoms with Crippen LogP contribution in [0, 0.1) is 0 Å². The molecule has 1 N–H and O–H groups in total. The molecule has 178 valence electrons. The zero-order chi connectivity index (χ0) is 24.8. The Morgan fingerprint density at radius 1 is 1.06 bits per heavy atom. The highest BCUT2D eigenvalue weighted by atomic mass is 79.9. The molecule has 0 atom stereocenters. The van der Waals surface area contributed by atoms with Gasteiger partial charge in [-0.05, 0) is 82.2 Å². The Morgan fingerprint density at radius 2 is 1.74 bits per heavy atom. The van der Waals surface area contributed by atoms with Crippen LogP contribution in [0.25, 0.3) is 5.69 Å². The molecule has 1 heterocycles. The summed E-state index contributed by atoms with van der Waals surface area (Å²) in [4.78, 5) is 12.4. The van der Waals surface area contributed by atoms with E-state index >= 15 is 0 Å². The van der Waals surface area contributed by atoms with Crippen molar-refractivity contribution in [2.75, 3.05) is 7.11 Å². The second kappa shape index (κ2) is 11.4. The van der Waals surface area contributed by atoms with Gasteiger partial charge < -0.3 is 14.0 Å². The molecule has 0 aliphatic carbocycles. The minimum Gasteiger partial charge on any atom is -0.493 e. The van der Waals surface area contributed by atoms with Gasteiger partial charge in [0.1, 0.15) is 6.61 Å². The second-order valence-corrected chi connectivity index (χ2v) is 9.03. The summed E-state index contributed by atoms with van der Waals surface area (Å²) < 4.78 is 14.0. The first-order chi connectivity index (χ1) is 17.0. The van der Waals surface area contributed by atoms with E-state index in [4.69, 9.17) is 32.7 Å². The molecule has 4 rings (SSSR count). The Hall–Kier alpha value is -3.26. The van der Waals surface area contributed by atoms with E-state index in [0.29, 0.717) is 42.7 Å². The smallest absolute Gasteiger partial charge is 0.271 e. The van der Waals surface area contributed by atoms with E-state index in [1.54, 1.807) is 42.5 Å². The summed E-state index contributed by atoms with van der Waals surface area (Å²) in [6.07, 6.45) is 5.40. The molecule has 6 nitrogen and oxygen atoms in total. The Labute approximate surface area is 221 Å². The van der Waals surface area contributed by atoms with Gasteiger partial charge in [0.2, 0.25) is 0 Å². The van der Waals surface area contributed by atoms with E-state index in [2.05, 4.69) is 26.5 Å². The fourth-order valence-electron chi connectivity index (χ4n) is 3.29. The quantitative estimate of drug-likeness (QED) is 0.184. The summed E-state index contributed by atoms with van der Waals surface area (Å²) in [6.45, 7) is 0.167. The lowest BCUT2D eigenvalue weighted by Crippen LogP contribution is -2.17. The maximum absolute atomic E-state index is 12.4. The number of ether oxygens (including phenoxy) is 2. The monoisotopic (exact) mass is 571 g/mol. The maximum Gasteiger partial charge on any atom is 0.271 e. The Bertz CT molecular complexity index is 1340. The minimum atomic E-state index is -0.317. The van der Waals surface area contributed by atoms with Crippen molar-refractivity contribution in [2.24, 2.45) is 5.10 Å². The highest BCUT2D eigenvalue weighted by molar-refractivity contribution is 9.10. The van der Waals surface area contributed by atoms with Crippen LogP contribution >= 0.6 is 39.1 Å². The molecule has 1 aromatic heterocycles. The number of hydrazone groups is 1. The largest absolute Gasteiger partial charge is 0.493 e. The first-order valence-corrected chi connectivity index (χ1v) is 12.0. The number of nitrogens with zero attached hydrogens (tertiary/aromatic N) is 2. The molecule has 3 aromatic carbocycles. The van der Waals surface area contributed by atoms with Crippen molar-refractivity contribution in [1.29, 1.82) is 0 Å². The van der Waals surface area contributed by atoms with Crippen molar-refractivity contribution < 1.29 is 14.3 Å². The normalized spacial score (nSPS) is 11.0. The highest BCUT2D eigenvalue weighted by Crippen LogP contribution is 2.37. The van der Waals surface area contributed by atoms with Gasteiger partial charge in [-0.1, -0.05) is 29.3 Å². The number of methoxy groups -OCH3 is 1. The van der Waals surface area contributed by atoms with Crippen LogP contribution in [-0.2, 0) is 6.61 Å². The lowest BCUT2D eigenvalue weighted by Gasteiger charge is -2.14. The molecule has 4 aromatic rings. The van der Waals surface area contributed by atoms with E-state index in [9.17, 15) is 4.79 Å². The van der Waals surface area contributed by atoms with Crippen molar-refractivity contribution >= 4 is 51.3 Å². The molecule has 0 bridgehead atoms. The van der Waals surface area contributed by atoms with E-state index in [1.165, 1.54) is 13.3 Å². The van der Waals surface area contributed by atoms with Gasteiger partial charge in [0.15, 0.2) is 11.5 Å². The lowest BCUT2D eigenvalue weighted by atomic mass is 10.2. The topological polar surface area (TPSA) is 64.8 Å². The highest BCUT2D eigenvalue weighted by Gasteiger charge is 2.14. The maximum atomic E-state index is 12.4. The van der Waals surface area contributed by atoms with Gasteiger partial charge in [-0.3, -0.25) is 4.79 Å². The molecular weight excluding hydrogens is 553 g/mol. The lowest BCUT2D eigenvalue weighted by molar-refractivity contribution is 0.0955. The summed E-state index contributed by atoms with van der Waals surface area (Å²) in [6, 6.07) is 19.9. The summed E-state index contributed by atoms with van der Waals surface area (Å²) >= 11 is 16.0. The molecule has 0 fully saturated rings. The number of amides is 1. The third kappa shape index (κ3) is 6.06. The molecule has 0 spiro atoms. The van der Waals surface area contributed by atoms with Crippen LogP contribution in [0.4, 0.5) is 0 Å². The van der Waals surface area contributed by atoms with E-state index in [1.807, 2.05) is 41.2 Å². The van der Waals surface area contributed by atoms with Crippen LogP contribution in [0.5, 0.6) is 11.5 Å². The molecular formula is C26H20BrCl2N3O3. The number of benzene rings is 3. The average Bonchev–Trinajstić information content (AvgIpc) is 3.39. The number of hydrogen-bond acceptors (Lipinski definition) is 4. The van der Waals surface area contributed by atoms with Crippen molar-refractivity contribution in [3.05, 3.63) is 110 Å². The number of aromatic nitrogens is 1. The van der Waals surface area contributed by atoms with Crippen molar-refractivity contribution in [3.8, 4) is 17.2 Å². The minimum absolute atomic E-state index is 0.167. The zero-order valence-corrected chi connectivity index (χ0v) is 21.6. The number of nitrogens with one attached hydrogen (secondary N) is 1. The van der Waals surface area contributed by atoms with E-state index in [0.717, 1.165) is 5.69 Å². The molecule has 0 saturated carbocycles. The Morgan fingerprint density at radius 3 is 2.40 bits per heavy atom. The third-order valence-electron chi connectivity index (χ3n) is 5.09. The van der Waals surface area contributed by atoms with Gasteiger partial charge in [-0.25, -0.2) is 5.43 Å². The van der Waals surface area contributed by atoms with Crippen LogP contribution in [0.1, 0.15) is 21.5 Å². The van der Waals surface area contributed by atoms with Crippen LogP contribution in [0.2, 0.25) is 10.0 Å². The van der Waals surface area contributed by atoms with Gasteiger partial charge in [-0.2, -0.15) is 5.10 Å². The molecule has 0 radical (unpaired) electrons. The van der Waals surface area contributed by atoms with Crippen LogP contribution in [0.15, 0.2) is 88.7 Å². The predicted octanol–water partition coefficient (Wildman–Crippen LogP) is 6.90. The standard InChI is InChI=1S/C26H20BrCl2N3O3/c1-34-24-14-17(13-21(27)25(24)35-16-20-22(28)5-4-6-23(20)29)15-30-31-26(33)18-7-9-19(10-8-18)32-11-2-3-12-32/h2-15H,16H2,1H3,(H,31,33)/b30-15+.